The summed E-state index contributed by atoms with van der Waals surface area (Å²) in [6.45, 7) is 2.03. The van der Waals surface area contributed by atoms with Crippen molar-refractivity contribution >= 4 is 5.78 Å². The predicted octanol–water partition coefficient (Wildman–Crippen LogP) is 3.17. The highest BCUT2D eigenvalue weighted by atomic mass is 16.1. The molecule has 0 radical (unpaired) electrons. The Kier molecular flexibility index (Phi) is 2.51. The van der Waals surface area contributed by atoms with Gasteiger partial charge in [-0.1, -0.05) is 30.3 Å². The van der Waals surface area contributed by atoms with Gasteiger partial charge in [0.25, 0.3) is 0 Å². The summed E-state index contributed by atoms with van der Waals surface area (Å²) >= 11 is 0. The van der Waals surface area contributed by atoms with E-state index in [4.69, 9.17) is 0 Å². The molecule has 1 aliphatic carbocycles. The van der Waals surface area contributed by atoms with E-state index in [1.807, 2.05) is 43.5 Å². The minimum absolute atomic E-state index is 0.220. The average Bonchev–Trinajstić information content (AvgIpc) is 2.44. The van der Waals surface area contributed by atoms with Gasteiger partial charge in [0.1, 0.15) is 0 Å². The van der Waals surface area contributed by atoms with E-state index in [0.29, 0.717) is 0 Å². The number of Topliss-reactive ketones (excluding diaryl/α,β-unsaturated/α-hetero) is 1. The van der Waals surface area contributed by atoms with E-state index in [1.54, 1.807) is 6.20 Å². The SMILES string of the molecule is C[C@@]1(c2cccnc2)CCc2ccccc2C1=O. The van der Waals surface area contributed by atoms with Gasteiger partial charge in [0.2, 0.25) is 0 Å². The van der Waals surface area contributed by atoms with Gasteiger partial charge in [-0.3, -0.25) is 9.78 Å². The van der Waals surface area contributed by atoms with Gasteiger partial charge in [-0.2, -0.15) is 0 Å². The number of pyridine rings is 1. The first kappa shape index (κ1) is 11.1. The van der Waals surface area contributed by atoms with Crippen LogP contribution in [0.15, 0.2) is 48.8 Å². The van der Waals surface area contributed by atoms with Crippen molar-refractivity contribution in [3.63, 3.8) is 0 Å². The third-order valence-electron chi connectivity index (χ3n) is 3.96. The zero-order valence-electron chi connectivity index (χ0n) is 10.4. The van der Waals surface area contributed by atoms with E-state index in [9.17, 15) is 4.79 Å². The monoisotopic (exact) mass is 237 g/mol. The van der Waals surface area contributed by atoms with Crippen molar-refractivity contribution in [2.24, 2.45) is 0 Å². The molecule has 3 rings (SSSR count). The van der Waals surface area contributed by atoms with E-state index in [0.717, 1.165) is 24.0 Å². The predicted molar refractivity (Wildman–Crippen MR) is 70.7 cm³/mol. The second kappa shape index (κ2) is 4.05. The molecule has 0 unspecified atom stereocenters. The van der Waals surface area contributed by atoms with Crippen LogP contribution in [0.5, 0.6) is 0 Å². The Morgan fingerprint density at radius 1 is 1.17 bits per heavy atom. The lowest BCUT2D eigenvalue weighted by molar-refractivity contribution is 0.0875. The van der Waals surface area contributed by atoms with E-state index < -0.39 is 5.41 Å². The Morgan fingerprint density at radius 3 is 2.78 bits per heavy atom. The van der Waals surface area contributed by atoms with Crippen LogP contribution in [-0.2, 0) is 11.8 Å². The summed E-state index contributed by atoms with van der Waals surface area (Å²) in [5.74, 6) is 0.220. The molecule has 18 heavy (non-hydrogen) atoms. The van der Waals surface area contributed by atoms with Crippen LogP contribution in [0.2, 0.25) is 0 Å². The molecule has 1 aliphatic rings. The van der Waals surface area contributed by atoms with Crippen molar-refractivity contribution in [2.75, 3.05) is 0 Å². The summed E-state index contributed by atoms with van der Waals surface area (Å²) in [5.41, 5.74) is 2.63. The van der Waals surface area contributed by atoms with Crippen molar-refractivity contribution < 1.29 is 4.79 Å². The molecule has 2 heteroatoms. The molecule has 0 fully saturated rings. The lowest BCUT2D eigenvalue weighted by Gasteiger charge is -2.33. The van der Waals surface area contributed by atoms with Crippen LogP contribution in [0.4, 0.5) is 0 Å². The van der Waals surface area contributed by atoms with Crippen molar-refractivity contribution in [1.82, 2.24) is 4.98 Å². The summed E-state index contributed by atoms with van der Waals surface area (Å²) in [7, 11) is 0. The molecule has 1 heterocycles. The number of aromatic nitrogens is 1. The molecule has 0 spiro atoms. The Hall–Kier alpha value is -1.96. The van der Waals surface area contributed by atoms with Crippen LogP contribution < -0.4 is 0 Å². The highest BCUT2D eigenvalue weighted by Gasteiger charge is 2.39. The zero-order valence-corrected chi connectivity index (χ0v) is 10.4. The molecule has 0 aliphatic heterocycles. The van der Waals surface area contributed by atoms with E-state index in [-0.39, 0.29) is 5.78 Å². The van der Waals surface area contributed by atoms with Gasteiger partial charge in [0.05, 0.1) is 5.41 Å². The average molecular weight is 237 g/mol. The minimum atomic E-state index is -0.428. The molecule has 0 saturated carbocycles. The maximum Gasteiger partial charge on any atom is 0.173 e. The number of benzene rings is 1. The fraction of sp³-hybridized carbons (Fsp3) is 0.250. The largest absolute Gasteiger partial charge is 0.293 e. The third kappa shape index (κ3) is 1.57. The summed E-state index contributed by atoms with van der Waals surface area (Å²) in [6.07, 6.45) is 5.36. The summed E-state index contributed by atoms with van der Waals surface area (Å²) in [5, 5.41) is 0. The Labute approximate surface area is 107 Å². The van der Waals surface area contributed by atoms with Crippen LogP contribution in [-0.4, -0.2) is 10.8 Å². The fourth-order valence-corrected chi connectivity index (χ4v) is 2.72. The number of hydrogen-bond acceptors (Lipinski definition) is 2. The number of carbonyl (C=O) groups is 1. The normalized spacial score (nSPS) is 22.6. The molecule has 0 amide bonds. The number of fused-ring (bicyclic) bond motifs is 1. The molecule has 0 saturated heterocycles. The molecule has 2 nitrogen and oxygen atoms in total. The van der Waals surface area contributed by atoms with Crippen LogP contribution in [0.3, 0.4) is 0 Å². The van der Waals surface area contributed by atoms with Gasteiger partial charge < -0.3 is 0 Å². The number of hydrogen-bond donors (Lipinski definition) is 0. The van der Waals surface area contributed by atoms with Crippen LogP contribution in [0.1, 0.15) is 34.8 Å². The van der Waals surface area contributed by atoms with Crippen LogP contribution in [0, 0.1) is 0 Å². The fourth-order valence-electron chi connectivity index (χ4n) is 2.72. The molecule has 0 N–H and O–H groups in total. The van der Waals surface area contributed by atoms with Gasteiger partial charge in [0, 0.05) is 18.0 Å². The van der Waals surface area contributed by atoms with Gasteiger partial charge in [0.15, 0.2) is 5.78 Å². The molecule has 1 aromatic heterocycles. The maximum absolute atomic E-state index is 12.7. The first-order valence-electron chi connectivity index (χ1n) is 6.25. The van der Waals surface area contributed by atoms with E-state index >= 15 is 0 Å². The summed E-state index contributed by atoms with van der Waals surface area (Å²) in [6, 6.07) is 11.8. The third-order valence-corrected chi connectivity index (χ3v) is 3.96. The molecular formula is C16H15NO. The molecular weight excluding hydrogens is 222 g/mol. The summed E-state index contributed by atoms with van der Waals surface area (Å²) in [4.78, 5) is 16.9. The number of rotatable bonds is 1. The van der Waals surface area contributed by atoms with E-state index in [1.165, 1.54) is 5.56 Å². The quantitative estimate of drug-likeness (QED) is 0.762. The van der Waals surface area contributed by atoms with Gasteiger partial charge in [-0.25, -0.2) is 0 Å². The smallest absolute Gasteiger partial charge is 0.173 e. The van der Waals surface area contributed by atoms with Crippen molar-refractivity contribution in [3.8, 4) is 0 Å². The number of nitrogens with zero attached hydrogens (tertiary/aromatic N) is 1. The van der Waals surface area contributed by atoms with Crippen molar-refractivity contribution in [2.45, 2.75) is 25.2 Å². The molecule has 1 aromatic carbocycles. The second-order valence-electron chi connectivity index (χ2n) is 5.06. The van der Waals surface area contributed by atoms with E-state index in [2.05, 4.69) is 11.1 Å². The van der Waals surface area contributed by atoms with Gasteiger partial charge in [-0.15, -0.1) is 0 Å². The maximum atomic E-state index is 12.7. The lowest BCUT2D eigenvalue weighted by atomic mass is 9.68. The second-order valence-corrected chi connectivity index (χ2v) is 5.06. The van der Waals surface area contributed by atoms with Crippen molar-refractivity contribution in [3.05, 3.63) is 65.5 Å². The zero-order chi connectivity index (χ0) is 12.6. The summed E-state index contributed by atoms with van der Waals surface area (Å²) < 4.78 is 0. The van der Waals surface area contributed by atoms with Crippen LogP contribution in [0.25, 0.3) is 0 Å². The Morgan fingerprint density at radius 2 is 2.00 bits per heavy atom. The first-order valence-corrected chi connectivity index (χ1v) is 6.25. The minimum Gasteiger partial charge on any atom is -0.293 e. The molecule has 1 atom stereocenters. The Bertz CT molecular complexity index is 591. The first-order chi connectivity index (χ1) is 8.72. The molecule has 2 aromatic rings. The van der Waals surface area contributed by atoms with Crippen molar-refractivity contribution in [1.29, 1.82) is 0 Å². The highest BCUT2D eigenvalue weighted by molar-refractivity contribution is 6.05. The number of ketones is 1. The molecule has 0 bridgehead atoms. The topological polar surface area (TPSA) is 30.0 Å². The highest BCUT2D eigenvalue weighted by Crippen LogP contribution is 2.37. The van der Waals surface area contributed by atoms with Gasteiger partial charge in [-0.05, 0) is 37.0 Å². The number of carbonyl (C=O) groups excluding carboxylic acids is 1. The van der Waals surface area contributed by atoms with Gasteiger partial charge >= 0.3 is 0 Å². The standard InChI is InChI=1S/C16H15NO/c1-16(13-6-4-10-17-11-13)9-8-12-5-2-3-7-14(12)15(16)18/h2-7,10-11H,8-9H2,1H3/t16-/m0/s1. The lowest BCUT2D eigenvalue weighted by Crippen LogP contribution is -2.37. The number of aryl methyl sites for hydroxylation is 1. The van der Waals surface area contributed by atoms with Crippen LogP contribution >= 0.6 is 0 Å². The molecule has 90 valence electrons. The Balaban J connectivity index is 2.10.